The van der Waals surface area contributed by atoms with Gasteiger partial charge >= 0.3 is 0 Å². The van der Waals surface area contributed by atoms with Gasteiger partial charge in [0.15, 0.2) is 0 Å². The molecule has 9 heavy (non-hydrogen) atoms. The van der Waals surface area contributed by atoms with E-state index in [-0.39, 0.29) is 0 Å². The van der Waals surface area contributed by atoms with Gasteiger partial charge in [-0.3, -0.25) is 0 Å². The molecule has 0 N–H and O–H groups in total. The SMILES string of the molecule is CCCC.S=P(Cl)(Cl)Cl. The van der Waals surface area contributed by atoms with Gasteiger partial charge in [0.2, 0.25) is 4.10 Å². The van der Waals surface area contributed by atoms with Gasteiger partial charge in [-0.25, -0.2) is 0 Å². The quantitative estimate of drug-likeness (QED) is 0.583. The zero-order valence-electron chi connectivity index (χ0n) is 5.40. The second-order valence-corrected chi connectivity index (χ2v) is 11.8. The molecule has 0 fully saturated rings. The zero-order chi connectivity index (χ0) is 7.91. The lowest BCUT2D eigenvalue weighted by Crippen LogP contribution is -1.47. The van der Waals surface area contributed by atoms with Crippen LogP contribution in [-0.2, 0) is 11.8 Å². The predicted molar refractivity (Wildman–Crippen MR) is 52.4 cm³/mol. The molecule has 0 aliphatic rings. The number of rotatable bonds is 1. The molecule has 0 aromatic carbocycles. The van der Waals surface area contributed by atoms with Crippen molar-refractivity contribution in [2.45, 2.75) is 26.7 Å². The van der Waals surface area contributed by atoms with E-state index in [1.807, 2.05) is 0 Å². The Morgan fingerprint density at radius 3 is 1.22 bits per heavy atom. The fourth-order valence-corrected chi connectivity index (χ4v) is 0. The van der Waals surface area contributed by atoms with Crippen LogP contribution in [0.1, 0.15) is 26.7 Å². The van der Waals surface area contributed by atoms with E-state index in [1.165, 1.54) is 12.8 Å². The maximum Gasteiger partial charge on any atom is 0.202 e. The first-order chi connectivity index (χ1) is 3.91. The molecule has 0 nitrogen and oxygen atoms in total. The standard InChI is InChI=1S/C4H10.Cl3PS/c1-3-4-2;1-4(2,3)5/h3-4H2,1-2H3;. The van der Waals surface area contributed by atoms with E-state index < -0.39 is 4.10 Å². The van der Waals surface area contributed by atoms with Crippen LogP contribution in [0.15, 0.2) is 0 Å². The zero-order valence-corrected chi connectivity index (χ0v) is 9.38. The minimum atomic E-state index is -2.39. The van der Waals surface area contributed by atoms with Crippen LogP contribution in [0, 0.1) is 0 Å². The maximum absolute atomic E-state index is 4.99. The van der Waals surface area contributed by atoms with E-state index in [9.17, 15) is 0 Å². The maximum atomic E-state index is 4.99. The molecule has 0 saturated carbocycles. The van der Waals surface area contributed by atoms with Crippen molar-refractivity contribution in [1.29, 1.82) is 0 Å². The smallest absolute Gasteiger partial charge is 0.0654 e. The van der Waals surface area contributed by atoms with Crippen molar-refractivity contribution in [2.75, 3.05) is 0 Å². The molecule has 58 valence electrons. The summed E-state index contributed by atoms with van der Waals surface area (Å²) in [6.07, 6.45) is 2.64. The van der Waals surface area contributed by atoms with E-state index in [0.717, 1.165) is 0 Å². The Morgan fingerprint density at radius 2 is 1.22 bits per heavy atom. The van der Waals surface area contributed by atoms with Crippen LogP contribution in [0.2, 0.25) is 0 Å². The summed E-state index contributed by atoms with van der Waals surface area (Å²) < 4.78 is -2.39. The summed E-state index contributed by atoms with van der Waals surface area (Å²) in [5.74, 6) is 0. The topological polar surface area (TPSA) is 0 Å². The normalized spacial score (nSPS) is 9.89. The Bertz CT molecular complexity index is 79.5. The van der Waals surface area contributed by atoms with Gasteiger partial charge in [-0.15, -0.1) is 0 Å². The highest BCUT2D eigenvalue weighted by atomic mass is 36.1. The van der Waals surface area contributed by atoms with Gasteiger partial charge < -0.3 is 0 Å². The Labute approximate surface area is 76.2 Å². The minimum absolute atomic E-state index is 1.32. The highest BCUT2D eigenvalue weighted by molar-refractivity contribution is 8.50. The Morgan fingerprint density at radius 1 is 1.11 bits per heavy atom. The first-order valence-electron chi connectivity index (χ1n) is 2.60. The first-order valence-corrected chi connectivity index (χ1v) is 8.12. The van der Waals surface area contributed by atoms with Crippen molar-refractivity contribution in [3.8, 4) is 0 Å². The lowest BCUT2D eigenvalue weighted by Gasteiger charge is -1.80. The molecule has 0 spiro atoms. The van der Waals surface area contributed by atoms with Crippen LogP contribution in [0.4, 0.5) is 0 Å². The molecule has 0 aliphatic carbocycles. The molecule has 0 saturated heterocycles. The molecule has 5 heteroatoms. The van der Waals surface area contributed by atoms with Gasteiger partial charge in [0, 0.05) is 0 Å². The van der Waals surface area contributed by atoms with Crippen LogP contribution < -0.4 is 0 Å². The largest absolute Gasteiger partial charge is 0.202 e. The van der Waals surface area contributed by atoms with Crippen molar-refractivity contribution in [2.24, 2.45) is 0 Å². The molecule has 0 bridgehead atoms. The van der Waals surface area contributed by atoms with Crippen molar-refractivity contribution in [3.63, 3.8) is 0 Å². The molecule has 0 unspecified atom stereocenters. The van der Waals surface area contributed by atoms with Crippen LogP contribution in [0.5, 0.6) is 0 Å². The summed E-state index contributed by atoms with van der Waals surface area (Å²) in [6, 6.07) is 0. The molecule has 0 radical (unpaired) electrons. The van der Waals surface area contributed by atoms with Crippen molar-refractivity contribution >= 4 is 49.6 Å². The molecule has 0 atom stereocenters. The molecular formula is C4H10Cl3PS. The van der Waals surface area contributed by atoms with Gasteiger partial charge in [-0.2, -0.15) is 0 Å². The fourth-order valence-electron chi connectivity index (χ4n) is 0. The lowest BCUT2D eigenvalue weighted by atomic mass is 10.4. The third kappa shape index (κ3) is 84.8. The van der Waals surface area contributed by atoms with Gasteiger partial charge in [0.25, 0.3) is 0 Å². The Hall–Kier alpha value is 1.52. The van der Waals surface area contributed by atoms with Crippen LogP contribution in [0.25, 0.3) is 0 Å². The molecule has 0 aromatic rings. The van der Waals surface area contributed by atoms with E-state index in [0.29, 0.717) is 0 Å². The average molecular weight is 228 g/mol. The fraction of sp³-hybridized carbons (Fsp3) is 1.00. The van der Waals surface area contributed by atoms with Gasteiger partial charge in [0.1, 0.15) is 0 Å². The number of hydrogen-bond donors (Lipinski definition) is 0. The molecule has 0 rings (SSSR count). The highest BCUT2D eigenvalue weighted by Gasteiger charge is 1.95. The van der Waals surface area contributed by atoms with Crippen LogP contribution in [-0.4, -0.2) is 0 Å². The monoisotopic (exact) mass is 226 g/mol. The summed E-state index contributed by atoms with van der Waals surface area (Å²) in [5.41, 5.74) is 0. The van der Waals surface area contributed by atoms with E-state index in [4.69, 9.17) is 33.7 Å². The molecule has 0 aromatic heterocycles. The van der Waals surface area contributed by atoms with Gasteiger partial charge in [0.05, 0.1) is 0 Å². The van der Waals surface area contributed by atoms with Crippen molar-refractivity contribution < 1.29 is 0 Å². The second kappa shape index (κ2) is 7.63. The second-order valence-electron chi connectivity index (χ2n) is 1.40. The number of hydrogen-bond acceptors (Lipinski definition) is 1. The van der Waals surface area contributed by atoms with Crippen LogP contribution >= 0.6 is 37.8 Å². The summed E-state index contributed by atoms with van der Waals surface area (Å²) in [5, 5.41) is 0. The summed E-state index contributed by atoms with van der Waals surface area (Å²) in [4.78, 5) is 0. The highest BCUT2D eigenvalue weighted by Crippen LogP contribution is 2.61. The predicted octanol–water partition coefficient (Wildman–Crippen LogP) is 4.73. The third-order valence-electron chi connectivity index (χ3n) is 0.500. The summed E-state index contributed by atoms with van der Waals surface area (Å²) in [6.45, 7) is 4.36. The molecular weight excluding hydrogens is 217 g/mol. The average Bonchev–Trinajstić information content (AvgIpc) is 1.61. The Balaban J connectivity index is 0. The summed E-state index contributed by atoms with van der Waals surface area (Å²) in [7, 11) is 0. The van der Waals surface area contributed by atoms with Gasteiger partial charge in [-0.05, 0) is 11.8 Å². The van der Waals surface area contributed by atoms with E-state index in [1.54, 1.807) is 0 Å². The minimum Gasteiger partial charge on any atom is -0.0654 e. The first kappa shape index (κ1) is 13.1. The molecule has 0 aliphatic heterocycles. The number of halogens is 3. The third-order valence-corrected chi connectivity index (χ3v) is 0.500. The van der Waals surface area contributed by atoms with Crippen molar-refractivity contribution in [3.05, 3.63) is 0 Å². The number of unbranched alkanes of at least 4 members (excludes halogenated alkanes) is 1. The molecule has 0 heterocycles. The van der Waals surface area contributed by atoms with Gasteiger partial charge in [-0.1, -0.05) is 60.4 Å². The van der Waals surface area contributed by atoms with Crippen molar-refractivity contribution in [1.82, 2.24) is 0 Å². The lowest BCUT2D eigenvalue weighted by molar-refractivity contribution is 0.886. The summed E-state index contributed by atoms with van der Waals surface area (Å²) >= 11 is 19.2. The van der Waals surface area contributed by atoms with Crippen LogP contribution in [0.3, 0.4) is 0 Å². The Kier molecular flexibility index (Phi) is 11.1. The molecule has 0 amide bonds. The van der Waals surface area contributed by atoms with E-state index in [2.05, 4.69) is 25.7 Å². The van der Waals surface area contributed by atoms with E-state index >= 15 is 0 Å².